The summed E-state index contributed by atoms with van der Waals surface area (Å²) in [6, 6.07) is 4.62. The van der Waals surface area contributed by atoms with Crippen LogP contribution in [0.25, 0.3) is 0 Å². The Hall–Kier alpha value is -1.43. The number of carbonyl (C=O) groups is 2. The second-order valence-electron chi connectivity index (χ2n) is 6.35. The molecule has 2 aromatic rings. The standard InChI is InChI=1S/C16H14Cl2N2O2S/c1-16(2)6-11-13(12(21)7-16)23-15(19-11)20-14(22)8-3-9(17)5-10(18)4-8/h3-5H,6-7H2,1-2H3,(H,19,20,22). The molecule has 7 heteroatoms. The zero-order chi connectivity index (χ0) is 16.8. The van der Waals surface area contributed by atoms with E-state index >= 15 is 0 Å². The van der Waals surface area contributed by atoms with Gasteiger partial charge in [-0.25, -0.2) is 4.98 Å². The Morgan fingerprint density at radius 2 is 1.87 bits per heavy atom. The summed E-state index contributed by atoms with van der Waals surface area (Å²) >= 11 is 13.0. The number of aromatic nitrogens is 1. The van der Waals surface area contributed by atoms with Crippen LogP contribution in [0.2, 0.25) is 10.0 Å². The Balaban J connectivity index is 1.84. The minimum atomic E-state index is -0.354. The molecule has 1 aromatic carbocycles. The van der Waals surface area contributed by atoms with Gasteiger partial charge in [-0.3, -0.25) is 14.9 Å². The molecule has 1 amide bonds. The minimum Gasteiger partial charge on any atom is -0.298 e. The van der Waals surface area contributed by atoms with Crippen LogP contribution in [0, 0.1) is 5.41 Å². The Bertz CT molecular complexity index is 794. The van der Waals surface area contributed by atoms with Crippen molar-refractivity contribution in [1.29, 1.82) is 0 Å². The van der Waals surface area contributed by atoms with Crippen molar-refractivity contribution < 1.29 is 9.59 Å². The van der Waals surface area contributed by atoms with E-state index < -0.39 is 0 Å². The highest BCUT2D eigenvalue weighted by Gasteiger charge is 2.34. The van der Waals surface area contributed by atoms with E-state index in [0.717, 1.165) is 12.1 Å². The molecule has 0 unspecified atom stereocenters. The van der Waals surface area contributed by atoms with Crippen LogP contribution >= 0.6 is 34.5 Å². The summed E-state index contributed by atoms with van der Waals surface area (Å²) in [5.74, 6) is -0.271. The molecular formula is C16H14Cl2N2O2S. The number of Topliss-reactive ketones (excluding diaryl/α,β-unsaturated/α-hetero) is 1. The number of hydrogen-bond acceptors (Lipinski definition) is 4. The predicted octanol–water partition coefficient (Wildman–Crippen LogP) is 4.86. The van der Waals surface area contributed by atoms with E-state index in [1.165, 1.54) is 23.5 Å². The molecule has 0 fully saturated rings. The zero-order valence-corrected chi connectivity index (χ0v) is 14.9. The van der Waals surface area contributed by atoms with E-state index in [4.69, 9.17) is 23.2 Å². The van der Waals surface area contributed by atoms with Gasteiger partial charge in [-0.1, -0.05) is 48.4 Å². The highest BCUT2D eigenvalue weighted by atomic mass is 35.5. The molecule has 1 heterocycles. The summed E-state index contributed by atoms with van der Waals surface area (Å²) < 4.78 is 0. The lowest BCUT2D eigenvalue weighted by Gasteiger charge is -2.26. The Morgan fingerprint density at radius 1 is 1.22 bits per heavy atom. The lowest BCUT2D eigenvalue weighted by molar-refractivity contribution is 0.0915. The third-order valence-electron chi connectivity index (χ3n) is 3.58. The first-order valence-corrected chi connectivity index (χ1v) is 8.61. The number of nitrogens with one attached hydrogen (secondary N) is 1. The molecule has 3 rings (SSSR count). The van der Waals surface area contributed by atoms with Gasteiger partial charge in [0.05, 0.1) is 10.6 Å². The van der Waals surface area contributed by atoms with Gasteiger partial charge in [-0.2, -0.15) is 0 Å². The van der Waals surface area contributed by atoms with Crippen molar-refractivity contribution in [3.63, 3.8) is 0 Å². The lowest BCUT2D eigenvalue weighted by Crippen LogP contribution is -2.26. The van der Waals surface area contributed by atoms with E-state index in [1.807, 2.05) is 13.8 Å². The monoisotopic (exact) mass is 368 g/mol. The van der Waals surface area contributed by atoms with E-state index in [1.54, 1.807) is 6.07 Å². The van der Waals surface area contributed by atoms with Gasteiger partial charge < -0.3 is 0 Å². The molecule has 120 valence electrons. The second kappa shape index (κ2) is 5.89. The third-order valence-corrected chi connectivity index (χ3v) is 5.07. The van der Waals surface area contributed by atoms with Gasteiger partial charge in [0.2, 0.25) is 0 Å². The number of carbonyl (C=O) groups excluding carboxylic acids is 2. The van der Waals surface area contributed by atoms with E-state index in [2.05, 4.69) is 10.3 Å². The van der Waals surface area contributed by atoms with Crippen LogP contribution in [-0.4, -0.2) is 16.7 Å². The van der Waals surface area contributed by atoms with Crippen molar-refractivity contribution in [3.8, 4) is 0 Å². The van der Waals surface area contributed by atoms with Crippen LogP contribution in [0.3, 0.4) is 0 Å². The summed E-state index contributed by atoms with van der Waals surface area (Å²) in [5.41, 5.74) is 1.01. The lowest BCUT2D eigenvalue weighted by atomic mass is 9.78. The van der Waals surface area contributed by atoms with Crippen molar-refractivity contribution in [2.24, 2.45) is 5.41 Å². The molecule has 1 N–H and O–H groups in total. The summed E-state index contributed by atoms with van der Waals surface area (Å²) in [5, 5.41) is 3.91. The highest BCUT2D eigenvalue weighted by Crippen LogP contribution is 2.38. The number of benzene rings is 1. The molecule has 0 atom stereocenters. The van der Waals surface area contributed by atoms with E-state index in [9.17, 15) is 9.59 Å². The molecule has 4 nitrogen and oxygen atoms in total. The van der Waals surface area contributed by atoms with Crippen LogP contribution in [-0.2, 0) is 6.42 Å². The van der Waals surface area contributed by atoms with Crippen LogP contribution in [0.1, 0.15) is 46.0 Å². The molecule has 1 aromatic heterocycles. The van der Waals surface area contributed by atoms with Gasteiger partial charge in [0.1, 0.15) is 0 Å². The number of amides is 1. The SMILES string of the molecule is CC1(C)CC(=O)c2sc(NC(=O)c3cc(Cl)cc(Cl)c3)nc2C1. The Labute approximate surface area is 147 Å². The van der Waals surface area contributed by atoms with Gasteiger partial charge in [-0.05, 0) is 30.0 Å². The Morgan fingerprint density at radius 3 is 2.52 bits per heavy atom. The molecule has 0 radical (unpaired) electrons. The van der Waals surface area contributed by atoms with Crippen molar-refractivity contribution in [2.45, 2.75) is 26.7 Å². The average molecular weight is 369 g/mol. The fraction of sp³-hybridized carbons (Fsp3) is 0.312. The fourth-order valence-electron chi connectivity index (χ4n) is 2.63. The van der Waals surface area contributed by atoms with Crippen LogP contribution in [0.5, 0.6) is 0 Å². The summed E-state index contributed by atoms with van der Waals surface area (Å²) in [4.78, 5) is 29.5. The number of nitrogens with zero attached hydrogens (tertiary/aromatic N) is 1. The van der Waals surface area contributed by atoms with Crippen molar-refractivity contribution in [2.75, 3.05) is 5.32 Å². The first-order chi connectivity index (χ1) is 10.7. The van der Waals surface area contributed by atoms with Crippen molar-refractivity contribution >= 4 is 51.4 Å². The number of ketones is 1. The molecule has 0 saturated carbocycles. The number of rotatable bonds is 2. The maximum absolute atomic E-state index is 12.3. The molecule has 0 spiro atoms. The summed E-state index contributed by atoms with van der Waals surface area (Å²) in [6.07, 6.45) is 1.23. The van der Waals surface area contributed by atoms with Crippen molar-refractivity contribution in [1.82, 2.24) is 4.98 Å². The number of fused-ring (bicyclic) bond motifs is 1. The van der Waals surface area contributed by atoms with Gasteiger partial charge in [0, 0.05) is 22.0 Å². The van der Waals surface area contributed by atoms with Crippen LogP contribution in [0.15, 0.2) is 18.2 Å². The summed E-state index contributed by atoms with van der Waals surface area (Å²) in [6.45, 7) is 4.08. The largest absolute Gasteiger partial charge is 0.298 e. The average Bonchev–Trinajstić information content (AvgIpc) is 2.78. The second-order valence-corrected chi connectivity index (χ2v) is 8.22. The maximum Gasteiger partial charge on any atom is 0.257 e. The minimum absolute atomic E-state index is 0.0834. The van der Waals surface area contributed by atoms with Gasteiger partial charge in [0.15, 0.2) is 10.9 Å². The topological polar surface area (TPSA) is 59.1 Å². The van der Waals surface area contributed by atoms with Gasteiger partial charge in [-0.15, -0.1) is 0 Å². The van der Waals surface area contributed by atoms with Crippen LogP contribution in [0.4, 0.5) is 5.13 Å². The first kappa shape index (κ1) is 16.4. The molecule has 0 saturated heterocycles. The van der Waals surface area contributed by atoms with Gasteiger partial charge >= 0.3 is 0 Å². The number of thiazole rings is 1. The molecule has 0 bridgehead atoms. The number of halogens is 2. The van der Waals surface area contributed by atoms with E-state index in [-0.39, 0.29) is 17.1 Å². The van der Waals surface area contributed by atoms with Crippen molar-refractivity contribution in [3.05, 3.63) is 44.4 Å². The zero-order valence-electron chi connectivity index (χ0n) is 12.6. The van der Waals surface area contributed by atoms with Crippen LogP contribution < -0.4 is 5.32 Å². The quantitative estimate of drug-likeness (QED) is 0.823. The highest BCUT2D eigenvalue weighted by molar-refractivity contribution is 7.17. The first-order valence-electron chi connectivity index (χ1n) is 7.04. The molecular weight excluding hydrogens is 355 g/mol. The third kappa shape index (κ3) is 3.57. The smallest absolute Gasteiger partial charge is 0.257 e. The number of hydrogen-bond donors (Lipinski definition) is 1. The predicted molar refractivity (Wildman–Crippen MR) is 93.0 cm³/mol. The fourth-order valence-corrected chi connectivity index (χ4v) is 4.07. The molecule has 1 aliphatic carbocycles. The molecule has 23 heavy (non-hydrogen) atoms. The van der Waals surface area contributed by atoms with Gasteiger partial charge in [0.25, 0.3) is 5.91 Å². The molecule has 0 aliphatic heterocycles. The van der Waals surface area contributed by atoms with E-state index in [0.29, 0.717) is 32.0 Å². The normalized spacial score (nSPS) is 16.1. The Kier molecular flexibility index (Phi) is 4.21. The maximum atomic E-state index is 12.3. The number of anilines is 1. The summed E-state index contributed by atoms with van der Waals surface area (Å²) in [7, 11) is 0. The molecule has 1 aliphatic rings.